The molecule has 1 unspecified atom stereocenters. The molecule has 2 amide bonds. The van der Waals surface area contributed by atoms with Crippen molar-refractivity contribution in [1.29, 1.82) is 0 Å². The van der Waals surface area contributed by atoms with Gasteiger partial charge in [-0.2, -0.15) is 11.3 Å². The van der Waals surface area contributed by atoms with Crippen LogP contribution in [0.2, 0.25) is 0 Å². The highest BCUT2D eigenvalue weighted by molar-refractivity contribution is 7.07. The zero-order chi connectivity index (χ0) is 18.8. The quantitative estimate of drug-likeness (QED) is 0.752. The molecule has 1 aliphatic carbocycles. The normalized spacial score (nSPS) is 20.6. The Labute approximate surface area is 172 Å². The summed E-state index contributed by atoms with van der Waals surface area (Å²) in [5.74, 6) is 0.154. The van der Waals surface area contributed by atoms with Crippen molar-refractivity contribution < 1.29 is 9.59 Å². The van der Waals surface area contributed by atoms with Crippen LogP contribution in [-0.4, -0.2) is 42.4 Å². The molecule has 1 saturated heterocycles. The molecule has 7 heteroatoms. The van der Waals surface area contributed by atoms with Crippen LogP contribution in [0.1, 0.15) is 52.0 Å². The van der Waals surface area contributed by atoms with E-state index in [9.17, 15) is 9.59 Å². The summed E-state index contributed by atoms with van der Waals surface area (Å²) in [6, 6.07) is 2.46. The topological polar surface area (TPSA) is 61.4 Å². The predicted molar refractivity (Wildman–Crippen MR) is 112 cm³/mol. The van der Waals surface area contributed by atoms with E-state index in [2.05, 4.69) is 32.4 Å². The van der Waals surface area contributed by atoms with Gasteiger partial charge < -0.3 is 15.5 Å². The third-order valence-corrected chi connectivity index (χ3v) is 6.41. The Morgan fingerprint density at radius 3 is 2.63 bits per heavy atom. The molecule has 27 heavy (non-hydrogen) atoms. The molecule has 2 fully saturated rings. The minimum atomic E-state index is -0.422. The Morgan fingerprint density at radius 1 is 1.33 bits per heavy atom. The molecular formula is C20H32ClN3O2S. The summed E-state index contributed by atoms with van der Waals surface area (Å²) in [4.78, 5) is 27.1. The average molecular weight is 414 g/mol. The van der Waals surface area contributed by atoms with Gasteiger partial charge in [-0.15, -0.1) is 12.4 Å². The maximum atomic E-state index is 13.0. The molecule has 152 valence electrons. The summed E-state index contributed by atoms with van der Waals surface area (Å²) in [7, 11) is 0. The number of piperidine rings is 1. The first-order chi connectivity index (χ1) is 12.3. The van der Waals surface area contributed by atoms with E-state index in [-0.39, 0.29) is 24.2 Å². The van der Waals surface area contributed by atoms with Crippen molar-refractivity contribution in [3.8, 4) is 0 Å². The minimum absolute atomic E-state index is 0. The van der Waals surface area contributed by atoms with Crippen molar-refractivity contribution in [2.45, 2.75) is 59.0 Å². The third-order valence-electron chi connectivity index (χ3n) is 5.68. The maximum Gasteiger partial charge on any atom is 0.225 e. The SMILES string of the molecule is CC(C)(C)C(=O)NCCC(=O)N(Cc1ccsc1)C1CC12CCNCC2.Cl. The van der Waals surface area contributed by atoms with Crippen LogP contribution < -0.4 is 10.6 Å². The molecule has 1 aliphatic heterocycles. The van der Waals surface area contributed by atoms with Crippen molar-refractivity contribution in [3.63, 3.8) is 0 Å². The Bertz CT molecular complexity index is 636. The number of hydrogen-bond donors (Lipinski definition) is 2. The predicted octanol–water partition coefficient (Wildman–Crippen LogP) is 3.19. The Hall–Kier alpha value is -1.11. The van der Waals surface area contributed by atoms with Gasteiger partial charge >= 0.3 is 0 Å². The molecule has 2 heterocycles. The summed E-state index contributed by atoms with van der Waals surface area (Å²) >= 11 is 1.67. The third kappa shape index (κ3) is 5.46. The molecule has 1 saturated carbocycles. The van der Waals surface area contributed by atoms with Crippen LogP contribution in [0, 0.1) is 10.8 Å². The fourth-order valence-corrected chi connectivity index (χ4v) is 4.53. The molecule has 2 aliphatic rings. The van der Waals surface area contributed by atoms with E-state index in [4.69, 9.17) is 0 Å². The molecule has 5 nitrogen and oxygen atoms in total. The second-order valence-electron chi connectivity index (χ2n) is 8.74. The summed E-state index contributed by atoms with van der Waals surface area (Å²) in [5.41, 5.74) is 1.11. The maximum absolute atomic E-state index is 13.0. The molecule has 1 spiro atoms. The fourth-order valence-electron chi connectivity index (χ4n) is 3.87. The van der Waals surface area contributed by atoms with E-state index in [1.165, 1.54) is 5.56 Å². The number of halogens is 1. The number of carbonyl (C=O) groups is 2. The lowest BCUT2D eigenvalue weighted by Crippen LogP contribution is -2.41. The lowest BCUT2D eigenvalue weighted by Gasteiger charge is -2.30. The van der Waals surface area contributed by atoms with E-state index in [1.807, 2.05) is 20.8 Å². The molecule has 2 N–H and O–H groups in total. The van der Waals surface area contributed by atoms with E-state index < -0.39 is 5.41 Å². The van der Waals surface area contributed by atoms with Gasteiger partial charge in [-0.3, -0.25) is 9.59 Å². The summed E-state index contributed by atoms with van der Waals surface area (Å²) in [6.45, 7) is 8.87. The van der Waals surface area contributed by atoms with Crippen molar-refractivity contribution in [2.24, 2.45) is 10.8 Å². The van der Waals surface area contributed by atoms with Crippen LogP contribution in [0.15, 0.2) is 16.8 Å². The molecule has 0 aromatic carbocycles. The number of nitrogens with one attached hydrogen (secondary N) is 2. The van der Waals surface area contributed by atoms with Crippen LogP contribution in [0.3, 0.4) is 0 Å². The largest absolute Gasteiger partial charge is 0.355 e. The van der Waals surface area contributed by atoms with Crippen molar-refractivity contribution in [1.82, 2.24) is 15.5 Å². The van der Waals surface area contributed by atoms with Crippen molar-refractivity contribution >= 4 is 35.6 Å². The van der Waals surface area contributed by atoms with E-state index in [1.54, 1.807) is 11.3 Å². The van der Waals surface area contributed by atoms with Gasteiger partial charge in [0, 0.05) is 31.0 Å². The van der Waals surface area contributed by atoms with Crippen molar-refractivity contribution in [3.05, 3.63) is 22.4 Å². The molecule has 1 aromatic rings. The first kappa shape index (κ1) is 22.2. The molecular weight excluding hydrogens is 382 g/mol. The number of carbonyl (C=O) groups excluding carboxylic acids is 2. The molecule has 1 aromatic heterocycles. The van der Waals surface area contributed by atoms with Crippen LogP contribution in [0.25, 0.3) is 0 Å². The first-order valence-electron chi connectivity index (χ1n) is 9.61. The van der Waals surface area contributed by atoms with E-state index in [0.29, 0.717) is 31.0 Å². The number of nitrogens with zero attached hydrogens (tertiary/aromatic N) is 1. The Balaban J connectivity index is 0.00000261. The van der Waals surface area contributed by atoms with Gasteiger partial charge in [-0.05, 0) is 60.2 Å². The van der Waals surface area contributed by atoms with Crippen molar-refractivity contribution in [2.75, 3.05) is 19.6 Å². The smallest absolute Gasteiger partial charge is 0.225 e. The van der Waals surface area contributed by atoms with Gasteiger partial charge in [0.25, 0.3) is 0 Å². The summed E-state index contributed by atoms with van der Waals surface area (Å²) in [5, 5.41) is 10.5. The first-order valence-corrected chi connectivity index (χ1v) is 10.6. The zero-order valence-electron chi connectivity index (χ0n) is 16.5. The lowest BCUT2D eigenvalue weighted by molar-refractivity contribution is -0.133. The number of hydrogen-bond acceptors (Lipinski definition) is 4. The standard InChI is InChI=1S/C20H31N3O2S.ClH/c1-19(2,3)18(25)22-8-4-17(24)23(13-15-5-11-26-14-15)16-12-20(16)6-9-21-10-7-20;/h5,11,14,16,21H,4,6-10,12-13H2,1-3H3,(H,22,25);1H. The summed E-state index contributed by atoms with van der Waals surface area (Å²) < 4.78 is 0. The fraction of sp³-hybridized carbons (Fsp3) is 0.700. The Morgan fingerprint density at radius 2 is 2.04 bits per heavy atom. The number of amides is 2. The highest BCUT2D eigenvalue weighted by atomic mass is 35.5. The molecule has 3 rings (SSSR count). The monoisotopic (exact) mass is 413 g/mol. The molecule has 0 radical (unpaired) electrons. The van der Waals surface area contributed by atoms with E-state index in [0.717, 1.165) is 32.4 Å². The molecule has 0 bridgehead atoms. The number of rotatable bonds is 6. The number of thiophene rings is 1. The van der Waals surface area contributed by atoms with Gasteiger partial charge in [-0.1, -0.05) is 20.8 Å². The van der Waals surface area contributed by atoms with Crippen LogP contribution in [-0.2, 0) is 16.1 Å². The van der Waals surface area contributed by atoms with Crippen LogP contribution in [0.4, 0.5) is 0 Å². The lowest BCUT2D eigenvalue weighted by atomic mass is 9.93. The second-order valence-corrected chi connectivity index (χ2v) is 9.52. The van der Waals surface area contributed by atoms with Crippen LogP contribution >= 0.6 is 23.7 Å². The van der Waals surface area contributed by atoms with Gasteiger partial charge in [0.05, 0.1) is 0 Å². The van der Waals surface area contributed by atoms with Gasteiger partial charge in [0.1, 0.15) is 0 Å². The minimum Gasteiger partial charge on any atom is -0.355 e. The Kier molecular flexibility index (Phi) is 7.33. The highest BCUT2D eigenvalue weighted by Crippen LogP contribution is 2.56. The van der Waals surface area contributed by atoms with Gasteiger partial charge in [0.15, 0.2) is 0 Å². The van der Waals surface area contributed by atoms with Crippen LogP contribution in [0.5, 0.6) is 0 Å². The highest BCUT2D eigenvalue weighted by Gasteiger charge is 2.57. The average Bonchev–Trinajstić information content (AvgIpc) is 3.03. The summed E-state index contributed by atoms with van der Waals surface area (Å²) in [6.07, 6.45) is 3.81. The van der Waals surface area contributed by atoms with E-state index >= 15 is 0 Å². The van der Waals surface area contributed by atoms with Gasteiger partial charge in [0.2, 0.25) is 11.8 Å². The molecule has 1 atom stereocenters. The zero-order valence-corrected chi connectivity index (χ0v) is 18.2. The van der Waals surface area contributed by atoms with Gasteiger partial charge in [-0.25, -0.2) is 0 Å². The second kappa shape index (κ2) is 8.93.